The second kappa shape index (κ2) is 7.79. The Morgan fingerprint density at radius 1 is 1.04 bits per heavy atom. The van der Waals surface area contributed by atoms with Crippen LogP contribution in [0, 0.1) is 0 Å². The van der Waals surface area contributed by atoms with E-state index in [-0.39, 0.29) is 18.2 Å². The molecule has 0 radical (unpaired) electrons. The molecule has 120 valence electrons. The largest absolute Gasteiger partial charge is 0.352 e. The molecule has 23 heavy (non-hydrogen) atoms. The monoisotopic (exact) mass is 330 g/mol. The lowest BCUT2D eigenvalue weighted by Crippen LogP contribution is -2.25. The van der Waals surface area contributed by atoms with Gasteiger partial charge in [-0.2, -0.15) is 0 Å². The van der Waals surface area contributed by atoms with Crippen molar-refractivity contribution < 1.29 is 9.59 Å². The molecule has 1 N–H and O–H groups in total. The molecule has 0 atom stereocenters. The van der Waals surface area contributed by atoms with Crippen LogP contribution in [0.3, 0.4) is 0 Å². The van der Waals surface area contributed by atoms with E-state index in [1.807, 2.05) is 30.3 Å². The zero-order valence-electron chi connectivity index (χ0n) is 13.2. The average molecular weight is 331 g/mol. The molecule has 0 heterocycles. The SMILES string of the molecule is CN(C)C(=O)c1ccc(CNC(=O)Cc2ccccc2Cl)cc1. The maximum absolute atomic E-state index is 12.0. The Morgan fingerprint density at radius 3 is 2.30 bits per heavy atom. The minimum absolute atomic E-state index is 0.0423. The molecule has 2 rings (SSSR count). The van der Waals surface area contributed by atoms with Gasteiger partial charge in [0, 0.05) is 31.2 Å². The van der Waals surface area contributed by atoms with Crippen LogP contribution < -0.4 is 5.32 Å². The fraction of sp³-hybridized carbons (Fsp3) is 0.222. The fourth-order valence-corrected chi connectivity index (χ4v) is 2.30. The molecule has 4 nitrogen and oxygen atoms in total. The molecule has 5 heteroatoms. The van der Waals surface area contributed by atoms with Crippen LogP contribution in [0.1, 0.15) is 21.5 Å². The number of nitrogens with one attached hydrogen (secondary N) is 1. The first-order valence-corrected chi connectivity index (χ1v) is 7.66. The van der Waals surface area contributed by atoms with E-state index in [1.165, 1.54) is 4.90 Å². The zero-order chi connectivity index (χ0) is 16.8. The van der Waals surface area contributed by atoms with E-state index in [2.05, 4.69) is 5.32 Å². The molecule has 0 unspecified atom stereocenters. The van der Waals surface area contributed by atoms with Gasteiger partial charge >= 0.3 is 0 Å². The van der Waals surface area contributed by atoms with Gasteiger partial charge < -0.3 is 10.2 Å². The molecule has 0 saturated carbocycles. The number of carbonyl (C=O) groups is 2. The standard InChI is InChI=1S/C18H19ClN2O2/c1-21(2)18(23)14-9-7-13(8-10-14)12-20-17(22)11-15-5-3-4-6-16(15)19/h3-10H,11-12H2,1-2H3,(H,20,22). The van der Waals surface area contributed by atoms with Crippen molar-refractivity contribution in [2.45, 2.75) is 13.0 Å². The maximum atomic E-state index is 12.0. The van der Waals surface area contributed by atoms with Crippen LogP contribution >= 0.6 is 11.6 Å². The van der Waals surface area contributed by atoms with Crippen molar-refractivity contribution in [3.05, 3.63) is 70.2 Å². The van der Waals surface area contributed by atoms with Crippen LogP contribution in [0.15, 0.2) is 48.5 Å². The predicted octanol–water partition coefficient (Wildman–Crippen LogP) is 2.90. The van der Waals surface area contributed by atoms with E-state index in [1.54, 1.807) is 32.3 Å². The highest BCUT2D eigenvalue weighted by molar-refractivity contribution is 6.31. The van der Waals surface area contributed by atoms with E-state index >= 15 is 0 Å². The first kappa shape index (κ1) is 17.0. The molecule has 0 aliphatic carbocycles. The summed E-state index contributed by atoms with van der Waals surface area (Å²) in [6.45, 7) is 0.416. The summed E-state index contributed by atoms with van der Waals surface area (Å²) in [4.78, 5) is 25.3. The van der Waals surface area contributed by atoms with E-state index in [0.29, 0.717) is 17.1 Å². The molecule has 0 spiro atoms. The van der Waals surface area contributed by atoms with Crippen molar-refractivity contribution >= 4 is 23.4 Å². The van der Waals surface area contributed by atoms with Gasteiger partial charge in [-0.05, 0) is 29.3 Å². The lowest BCUT2D eigenvalue weighted by Gasteiger charge is -2.11. The Balaban J connectivity index is 1.89. The van der Waals surface area contributed by atoms with Crippen molar-refractivity contribution in [1.29, 1.82) is 0 Å². The Bertz CT molecular complexity index is 696. The van der Waals surface area contributed by atoms with Gasteiger partial charge in [0.1, 0.15) is 0 Å². The summed E-state index contributed by atoms with van der Waals surface area (Å²) in [5, 5.41) is 3.45. The third-order valence-corrected chi connectivity index (χ3v) is 3.77. The number of halogens is 1. The van der Waals surface area contributed by atoms with Crippen LogP contribution in [-0.4, -0.2) is 30.8 Å². The molecule has 0 aromatic heterocycles. The van der Waals surface area contributed by atoms with Gasteiger partial charge in [0.15, 0.2) is 0 Å². The smallest absolute Gasteiger partial charge is 0.253 e. The van der Waals surface area contributed by atoms with Crippen LogP contribution in [0.2, 0.25) is 5.02 Å². The Labute approximate surface area is 141 Å². The topological polar surface area (TPSA) is 49.4 Å². The molecule has 2 aromatic carbocycles. The highest BCUT2D eigenvalue weighted by Gasteiger charge is 2.08. The van der Waals surface area contributed by atoms with Gasteiger partial charge in [0.25, 0.3) is 5.91 Å². The zero-order valence-corrected chi connectivity index (χ0v) is 13.9. The molecule has 2 amide bonds. The number of carbonyl (C=O) groups excluding carboxylic acids is 2. The minimum Gasteiger partial charge on any atom is -0.352 e. The first-order chi connectivity index (χ1) is 11.0. The van der Waals surface area contributed by atoms with Gasteiger partial charge in [-0.15, -0.1) is 0 Å². The van der Waals surface area contributed by atoms with E-state index in [4.69, 9.17) is 11.6 Å². The van der Waals surface area contributed by atoms with Crippen LogP contribution in [-0.2, 0) is 17.8 Å². The van der Waals surface area contributed by atoms with Crippen LogP contribution in [0.5, 0.6) is 0 Å². The number of hydrogen-bond acceptors (Lipinski definition) is 2. The van der Waals surface area contributed by atoms with E-state index in [0.717, 1.165) is 11.1 Å². The Kier molecular flexibility index (Phi) is 5.77. The van der Waals surface area contributed by atoms with Crippen molar-refractivity contribution in [1.82, 2.24) is 10.2 Å². The minimum atomic E-state index is -0.0912. The molecular weight excluding hydrogens is 312 g/mol. The fourth-order valence-electron chi connectivity index (χ4n) is 2.10. The second-order valence-electron chi connectivity index (χ2n) is 5.44. The van der Waals surface area contributed by atoms with Crippen molar-refractivity contribution in [2.75, 3.05) is 14.1 Å². The molecule has 2 aromatic rings. The molecule has 0 saturated heterocycles. The van der Waals surface area contributed by atoms with E-state index in [9.17, 15) is 9.59 Å². The first-order valence-electron chi connectivity index (χ1n) is 7.28. The van der Waals surface area contributed by atoms with Gasteiger partial charge in [0.05, 0.1) is 6.42 Å². The van der Waals surface area contributed by atoms with Crippen LogP contribution in [0.25, 0.3) is 0 Å². The lowest BCUT2D eigenvalue weighted by molar-refractivity contribution is -0.120. The summed E-state index contributed by atoms with van der Waals surface area (Å²) in [7, 11) is 3.43. The highest BCUT2D eigenvalue weighted by atomic mass is 35.5. The van der Waals surface area contributed by atoms with Gasteiger partial charge in [0.2, 0.25) is 5.91 Å². The lowest BCUT2D eigenvalue weighted by atomic mass is 10.1. The van der Waals surface area contributed by atoms with Crippen molar-refractivity contribution in [2.24, 2.45) is 0 Å². The van der Waals surface area contributed by atoms with Gasteiger partial charge in [-0.25, -0.2) is 0 Å². The number of benzene rings is 2. The predicted molar refractivity (Wildman–Crippen MR) is 91.5 cm³/mol. The third-order valence-electron chi connectivity index (χ3n) is 3.41. The summed E-state index contributed by atoms with van der Waals surface area (Å²) in [5.74, 6) is -0.133. The summed E-state index contributed by atoms with van der Waals surface area (Å²) in [5.41, 5.74) is 2.37. The number of nitrogens with zero attached hydrogens (tertiary/aromatic N) is 1. The van der Waals surface area contributed by atoms with Crippen molar-refractivity contribution in [3.63, 3.8) is 0 Å². The van der Waals surface area contributed by atoms with Crippen LogP contribution in [0.4, 0.5) is 0 Å². The average Bonchev–Trinajstić information content (AvgIpc) is 2.55. The maximum Gasteiger partial charge on any atom is 0.253 e. The molecule has 0 aliphatic rings. The summed E-state index contributed by atoms with van der Waals surface area (Å²) in [6, 6.07) is 14.5. The number of amides is 2. The molecule has 0 bridgehead atoms. The van der Waals surface area contributed by atoms with Gasteiger partial charge in [-0.1, -0.05) is 41.9 Å². The Hall–Kier alpha value is -2.33. The second-order valence-corrected chi connectivity index (χ2v) is 5.85. The summed E-state index contributed by atoms with van der Waals surface area (Å²) >= 11 is 6.04. The van der Waals surface area contributed by atoms with Gasteiger partial charge in [-0.3, -0.25) is 9.59 Å². The molecule has 0 fully saturated rings. The number of rotatable bonds is 5. The molecular formula is C18H19ClN2O2. The summed E-state index contributed by atoms with van der Waals surface area (Å²) < 4.78 is 0. The quantitative estimate of drug-likeness (QED) is 0.916. The third kappa shape index (κ3) is 4.83. The number of hydrogen-bond donors (Lipinski definition) is 1. The van der Waals surface area contributed by atoms with E-state index < -0.39 is 0 Å². The Morgan fingerprint density at radius 2 is 1.70 bits per heavy atom. The van der Waals surface area contributed by atoms with Crippen molar-refractivity contribution in [3.8, 4) is 0 Å². The summed E-state index contributed by atoms with van der Waals surface area (Å²) in [6.07, 6.45) is 0.247. The highest BCUT2D eigenvalue weighted by Crippen LogP contribution is 2.15. The normalized spacial score (nSPS) is 10.2. The molecule has 0 aliphatic heterocycles.